The minimum Gasteiger partial charge on any atom is -0.491 e. The number of allylic oxidation sites excluding steroid dienone is 2. The summed E-state index contributed by atoms with van der Waals surface area (Å²) in [6, 6.07) is 9.26. The smallest absolute Gasteiger partial charge is 0.305 e. The maximum Gasteiger partial charge on any atom is 0.305 e. The maximum absolute atomic E-state index is 11.1. The highest BCUT2D eigenvalue weighted by molar-refractivity contribution is 5.69. The van der Waals surface area contributed by atoms with E-state index < -0.39 is 18.3 Å². The zero-order chi connectivity index (χ0) is 21.1. The second kappa shape index (κ2) is 12.4. The van der Waals surface area contributed by atoms with Crippen molar-refractivity contribution in [1.29, 1.82) is 0 Å². The molecule has 1 aromatic rings. The summed E-state index contributed by atoms with van der Waals surface area (Å²) in [5.41, 5.74) is 0. The zero-order valence-electron chi connectivity index (χ0n) is 16.9. The molecule has 1 aromatic carbocycles. The number of carbonyl (C=O) groups is 1. The highest BCUT2D eigenvalue weighted by Gasteiger charge is 2.39. The van der Waals surface area contributed by atoms with Gasteiger partial charge < -0.3 is 24.8 Å². The van der Waals surface area contributed by atoms with Gasteiger partial charge in [-0.2, -0.15) is 0 Å². The van der Waals surface area contributed by atoms with Crippen LogP contribution in [0.5, 0.6) is 5.75 Å². The molecule has 1 aliphatic carbocycles. The number of hydrogen-bond donors (Lipinski definition) is 3. The van der Waals surface area contributed by atoms with Crippen molar-refractivity contribution < 1.29 is 29.6 Å². The molecule has 0 spiro atoms. The first-order chi connectivity index (χ1) is 14.0. The Labute approximate surface area is 172 Å². The van der Waals surface area contributed by atoms with Gasteiger partial charge in [0.25, 0.3) is 0 Å². The van der Waals surface area contributed by atoms with E-state index in [1.165, 1.54) is 7.11 Å². The van der Waals surface area contributed by atoms with E-state index in [9.17, 15) is 20.1 Å². The van der Waals surface area contributed by atoms with Crippen LogP contribution in [-0.4, -0.2) is 53.3 Å². The maximum atomic E-state index is 11.1. The van der Waals surface area contributed by atoms with Gasteiger partial charge in [0.15, 0.2) is 0 Å². The lowest BCUT2D eigenvalue weighted by molar-refractivity contribution is -0.140. The highest BCUT2D eigenvalue weighted by Crippen LogP contribution is 2.36. The van der Waals surface area contributed by atoms with Gasteiger partial charge in [-0.3, -0.25) is 4.79 Å². The molecule has 1 aliphatic rings. The fraction of sp³-hybridized carbons (Fsp3) is 0.522. The summed E-state index contributed by atoms with van der Waals surface area (Å²) < 4.78 is 10.1. The van der Waals surface area contributed by atoms with Crippen LogP contribution in [0.4, 0.5) is 0 Å². The number of unbranched alkanes of at least 4 members (excludes halogenated alkanes) is 1. The minimum atomic E-state index is -0.797. The Kier molecular flexibility index (Phi) is 9.91. The van der Waals surface area contributed by atoms with E-state index in [-0.39, 0.29) is 24.4 Å². The molecule has 0 aromatic heterocycles. The predicted molar refractivity (Wildman–Crippen MR) is 110 cm³/mol. The molecule has 1 fully saturated rings. The molecular weight excluding hydrogens is 372 g/mol. The van der Waals surface area contributed by atoms with Crippen LogP contribution in [-0.2, 0) is 9.53 Å². The monoisotopic (exact) mass is 404 g/mol. The molecular formula is C23H32O6. The molecule has 6 heteroatoms. The molecule has 0 heterocycles. The van der Waals surface area contributed by atoms with Crippen molar-refractivity contribution in [2.45, 2.75) is 50.4 Å². The number of hydrogen-bond acceptors (Lipinski definition) is 6. The third kappa shape index (κ3) is 8.01. The largest absolute Gasteiger partial charge is 0.491 e. The standard InChI is InChI=1S/C23H32O6/c1-28-23(27)12-8-3-2-7-11-19-20(22(26)15-21(19)25)14-13-17(24)16-29-18-9-5-4-6-10-18/h2,4-7,9-10,13-14,17,19-22,24-26H,3,8,11-12,15-16H2,1H3/b7-2-,14-13+/t17-,19+,20+,21+,22-/m1/s1. The summed E-state index contributed by atoms with van der Waals surface area (Å²) >= 11 is 0. The van der Waals surface area contributed by atoms with Gasteiger partial charge in [-0.1, -0.05) is 42.5 Å². The van der Waals surface area contributed by atoms with Gasteiger partial charge in [0.1, 0.15) is 18.5 Å². The Hall–Kier alpha value is -2.15. The van der Waals surface area contributed by atoms with Gasteiger partial charge in [0, 0.05) is 18.8 Å². The Bertz CT molecular complexity index is 657. The molecule has 1 saturated carbocycles. The molecule has 0 unspecified atom stereocenters. The van der Waals surface area contributed by atoms with Crippen molar-refractivity contribution in [1.82, 2.24) is 0 Å². The van der Waals surface area contributed by atoms with Crippen LogP contribution in [0.2, 0.25) is 0 Å². The van der Waals surface area contributed by atoms with E-state index in [1.807, 2.05) is 42.5 Å². The van der Waals surface area contributed by atoms with E-state index in [2.05, 4.69) is 4.74 Å². The van der Waals surface area contributed by atoms with Crippen LogP contribution in [0.15, 0.2) is 54.6 Å². The van der Waals surface area contributed by atoms with Crippen molar-refractivity contribution in [3.8, 4) is 5.75 Å². The van der Waals surface area contributed by atoms with Crippen LogP contribution < -0.4 is 4.74 Å². The number of aliphatic hydroxyl groups excluding tert-OH is 3. The molecule has 3 N–H and O–H groups in total. The average Bonchev–Trinajstić information content (AvgIpc) is 3.00. The first-order valence-corrected chi connectivity index (χ1v) is 10.1. The van der Waals surface area contributed by atoms with Crippen LogP contribution >= 0.6 is 0 Å². The summed E-state index contributed by atoms with van der Waals surface area (Å²) in [4.78, 5) is 11.1. The first kappa shape index (κ1) is 23.1. The number of rotatable bonds is 11. The molecule has 29 heavy (non-hydrogen) atoms. The van der Waals surface area contributed by atoms with E-state index >= 15 is 0 Å². The van der Waals surface area contributed by atoms with Crippen molar-refractivity contribution >= 4 is 5.97 Å². The lowest BCUT2D eigenvalue weighted by Crippen LogP contribution is -2.21. The number of esters is 1. The average molecular weight is 405 g/mol. The second-order valence-corrected chi connectivity index (χ2v) is 7.36. The summed E-state index contributed by atoms with van der Waals surface area (Å²) in [5.74, 6) is 0.135. The Morgan fingerprint density at radius 3 is 2.69 bits per heavy atom. The normalized spacial score (nSPS) is 25.5. The number of carbonyl (C=O) groups excluding carboxylic acids is 1. The topological polar surface area (TPSA) is 96.2 Å². The van der Waals surface area contributed by atoms with Crippen LogP contribution in [0.25, 0.3) is 0 Å². The Morgan fingerprint density at radius 1 is 1.21 bits per heavy atom. The van der Waals surface area contributed by atoms with Crippen LogP contribution in [0.1, 0.15) is 32.1 Å². The fourth-order valence-electron chi connectivity index (χ4n) is 3.55. The van der Waals surface area contributed by atoms with Crippen molar-refractivity contribution in [3.63, 3.8) is 0 Å². The molecule has 0 amide bonds. The van der Waals surface area contributed by atoms with Gasteiger partial charge in [0.2, 0.25) is 0 Å². The first-order valence-electron chi connectivity index (χ1n) is 10.1. The molecule has 0 saturated heterocycles. The summed E-state index contributed by atoms with van der Waals surface area (Å²) in [7, 11) is 1.38. The van der Waals surface area contributed by atoms with E-state index in [0.717, 1.165) is 12.8 Å². The quantitative estimate of drug-likeness (QED) is 0.298. The summed E-state index contributed by atoms with van der Waals surface area (Å²) in [6.45, 7) is 0.122. The summed E-state index contributed by atoms with van der Waals surface area (Å²) in [6.07, 6.45) is 8.19. The van der Waals surface area contributed by atoms with Crippen molar-refractivity contribution in [2.75, 3.05) is 13.7 Å². The summed E-state index contributed by atoms with van der Waals surface area (Å²) in [5, 5.41) is 30.7. The highest BCUT2D eigenvalue weighted by atomic mass is 16.5. The Balaban J connectivity index is 1.80. The van der Waals surface area contributed by atoms with Gasteiger partial charge in [-0.05, 0) is 37.3 Å². The van der Waals surface area contributed by atoms with Gasteiger partial charge in [-0.25, -0.2) is 0 Å². The molecule has 0 bridgehead atoms. The fourth-order valence-corrected chi connectivity index (χ4v) is 3.55. The molecule has 5 atom stereocenters. The minimum absolute atomic E-state index is 0.111. The SMILES string of the molecule is COC(=O)CCC/C=C\C[C@H]1[C@H](/C=C/[C@@H](O)COc2ccccc2)[C@H](O)C[C@@H]1O. The number of ether oxygens (including phenoxy) is 2. The lowest BCUT2D eigenvalue weighted by atomic mass is 9.89. The second-order valence-electron chi connectivity index (χ2n) is 7.36. The van der Waals surface area contributed by atoms with Crippen molar-refractivity contribution in [3.05, 3.63) is 54.6 Å². The number of benzene rings is 1. The third-order valence-electron chi connectivity index (χ3n) is 5.19. The molecule has 2 rings (SSSR count). The van der Waals surface area contributed by atoms with Crippen molar-refractivity contribution in [2.24, 2.45) is 11.8 Å². The zero-order valence-corrected chi connectivity index (χ0v) is 16.9. The molecule has 160 valence electrons. The third-order valence-corrected chi connectivity index (χ3v) is 5.19. The predicted octanol–water partition coefficient (Wildman–Crippen LogP) is 2.63. The number of aliphatic hydroxyl groups is 3. The molecule has 0 aliphatic heterocycles. The van der Waals surface area contributed by atoms with Crippen LogP contribution in [0, 0.1) is 11.8 Å². The van der Waals surface area contributed by atoms with Crippen LogP contribution in [0.3, 0.4) is 0 Å². The lowest BCUT2D eigenvalue weighted by Gasteiger charge is -2.19. The number of para-hydroxylation sites is 1. The van der Waals surface area contributed by atoms with Gasteiger partial charge in [0.05, 0.1) is 19.3 Å². The van der Waals surface area contributed by atoms with Gasteiger partial charge in [-0.15, -0.1) is 0 Å². The Morgan fingerprint density at radius 2 is 1.97 bits per heavy atom. The molecule has 0 radical (unpaired) electrons. The molecule has 6 nitrogen and oxygen atoms in total. The number of methoxy groups -OCH3 is 1. The van der Waals surface area contributed by atoms with E-state index in [0.29, 0.717) is 25.0 Å². The van der Waals surface area contributed by atoms with Gasteiger partial charge >= 0.3 is 5.97 Å². The van der Waals surface area contributed by atoms with E-state index in [1.54, 1.807) is 12.2 Å². The van der Waals surface area contributed by atoms with E-state index in [4.69, 9.17) is 4.74 Å².